The molecule has 1 aliphatic rings. The molecule has 1 atom stereocenters. The number of carbonyl (C=O) groups excluding carboxylic acids is 2. The molecule has 4 rings (SSSR count). The van der Waals surface area contributed by atoms with E-state index in [1.54, 1.807) is 11.0 Å². The lowest BCUT2D eigenvalue weighted by molar-refractivity contribution is -0.126. The first-order valence-electron chi connectivity index (χ1n) is 9.84. The number of likely N-dealkylation sites (tertiary alicyclic amines) is 1. The standard InChI is InChI=1S/C23H23N3O3/c27-22(24-15-17-8-3-1-4-9-17)19-12-7-13-26(16-19)23(28)20-14-21(29-25-20)18-10-5-2-6-11-18/h1-6,8-11,14,19H,7,12-13,15-16H2,(H,24,27). The largest absolute Gasteiger partial charge is 0.355 e. The number of carbonyl (C=O) groups is 2. The lowest BCUT2D eigenvalue weighted by Gasteiger charge is -2.31. The van der Waals surface area contributed by atoms with E-state index < -0.39 is 0 Å². The minimum absolute atomic E-state index is 0.0171. The summed E-state index contributed by atoms with van der Waals surface area (Å²) in [5.41, 5.74) is 2.20. The van der Waals surface area contributed by atoms with Crippen LogP contribution in [0.5, 0.6) is 0 Å². The molecule has 1 N–H and O–H groups in total. The van der Waals surface area contributed by atoms with Crippen molar-refractivity contribution in [3.63, 3.8) is 0 Å². The number of nitrogens with one attached hydrogen (secondary N) is 1. The SMILES string of the molecule is O=C(NCc1ccccc1)C1CCCN(C(=O)c2cc(-c3ccccc3)on2)C1. The van der Waals surface area contributed by atoms with Gasteiger partial charge >= 0.3 is 0 Å². The average molecular weight is 389 g/mol. The fourth-order valence-electron chi connectivity index (χ4n) is 3.58. The van der Waals surface area contributed by atoms with Gasteiger partial charge in [-0.2, -0.15) is 0 Å². The van der Waals surface area contributed by atoms with Gasteiger partial charge in [0, 0.05) is 31.3 Å². The maximum Gasteiger partial charge on any atom is 0.276 e. The summed E-state index contributed by atoms with van der Waals surface area (Å²) in [7, 11) is 0. The molecule has 0 bridgehead atoms. The van der Waals surface area contributed by atoms with Crippen LogP contribution in [0, 0.1) is 5.92 Å². The van der Waals surface area contributed by atoms with E-state index in [-0.39, 0.29) is 23.4 Å². The molecule has 3 aromatic rings. The normalized spacial score (nSPS) is 16.4. The smallest absolute Gasteiger partial charge is 0.276 e. The van der Waals surface area contributed by atoms with Crippen LogP contribution in [-0.4, -0.2) is 35.0 Å². The number of benzene rings is 2. The van der Waals surface area contributed by atoms with Crippen molar-refractivity contribution in [2.45, 2.75) is 19.4 Å². The van der Waals surface area contributed by atoms with Crippen molar-refractivity contribution in [2.75, 3.05) is 13.1 Å². The van der Waals surface area contributed by atoms with Crippen LogP contribution in [0.25, 0.3) is 11.3 Å². The van der Waals surface area contributed by atoms with Gasteiger partial charge in [0.2, 0.25) is 5.91 Å². The Morgan fingerprint density at radius 1 is 1.07 bits per heavy atom. The van der Waals surface area contributed by atoms with Gasteiger partial charge in [-0.15, -0.1) is 0 Å². The minimum Gasteiger partial charge on any atom is -0.355 e. The van der Waals surface area contributed by atoms with Gasteiger partial charge in [-0.1, -0.05) is 65.8 Å². The van der Waals surface area contributed by atoms with Crippen LogP contribution in [0.15, 0.2) is 71.3 Å². The van der Waals surface area contributed by atoms with Crippen molar-refractivity contribution >= 4 is 11.8 Å². The van der Waals surface area contributed by atoms with Crippen molar-refractivity contribution in [1.29, 1.82) is 0 Å². The van der Waals surface area contributed by atoms with Crippen LogP contribution in [0.4, 0.5) is 0 Å². The van der Waals surface area contributed by atoms with E-state index in [4.69, 9.17) is 4.52 Å². The molecule has 1 aliphatic heterocycles. The first-order valence-corrected chi connectivity index (χ1v) is 9.84. The van der Waals surface area contributed by atoms with Crippen LogP contribution in [0.1, 0.15) is 28.9 Å². The molecular formula is C23H23N3O3. The molecule has 29 heavy (non-hydrogen) atoms. The second kappa shape index (κ2) is 8.73. The van der Waals surface area contributed by atoms with Crippen molar-refractivity contribution in [3.8, 4) is 11.3 Å². The number of nitrogens with zero attached hydrogens (tertiary/aromatic N) is 2. The summed E-state index contributed by atoms with van der Waals surface area (Å²) >= 11 is 0. The highest BCUT2D eigenvalue weighted by atomic mass is 16.5. The van der Waals surface area contributed by atoms with Crippen molar-refractivity contribution in [2.24, 2.45) is 5.92 Å². The van der Waals surface area contributed by atoms with Gasteiger partial charge in [-0.3, -0.25) is 9.59 Å². The quantitative estimate of drug-likeness (QED) is 0.725. The Morgan fingerprint density at radius 2 is 1.79 bits per heavy atom. The molecule has 2 heterocycles. The molecule has 6 nitrogen and oxygen atoms in total. The van der Waals surface area contributed by atoms with E-state index >= 15 is 0 Å². The van der Waals surface area contributed by atoms with E-state index in [0.717, 1.165) is 24.0 Å². The molecule has 0 spiro atoms. The molecule has 1 unspecified atom stereocenters. The highest BCUT2D eigenvalue weighted by Gasteiger charge is 2.30. The first kappa shape index (κ1) is 18.9. The van der Waals surface area contributed by atoms with Crippen molar-refractivity contribution in [3.05, 3.63) is 78.0 Å². The molecule has 2 amide bonds. The zero-order valence-corrected chi connectivity index (χ0v) is 16.1. The van der Waals surface area contributed by atoms with Gasteiger partial charge in [0.15, 0.2) is 11.5 Å². The van der Waals surface area contributed by atoms with Gasteiger partial charge in [0.25, 0.3) is 5.91 Å². The van der Waals surface area contributed by atoms with Crippen LogP contribution in [0.3, 0.4) is 0 Å². The number of rotatable bonds is 5. The lowest BCUT2D eigenvalue weighted by Crippen LogP contribution is -2.45. The van der Waals surface area contributed by atoms with E-state index in [2.05, 4.69) is 10.5 Å². The zero-order chi connectivity index (χ0) is 20.1. The molecule has 148 valence electrons. The fraction of sp³-hybridized carbons (Fsp3) is 0.261. The summed E-state index contributed by atoms with van der Waals surface area (Å²) in [6, 6.07) is 21.0. The number of hydrogen-bond donors (Lipinski definition) is 1. The highest BCUT2D eigenvalue weighted by Crippen LogP contribution is 2.23. The van der Waals surface area contributed by atoms with Gasteiger partial charge in [-0.05, 0) is 18.4 Å². The van der Waals surface area contributed by atoms with Crippen LogP contribution < -0.4 is 5.32 Å². The van der Waals surface area contributed by atoms with Crippen LogP contribution in [-0.2, 0) is 11.3 Å². The highest BCUT2D eigenvalue weighted by molar-refractivity contribution is 5.93. The maximum atomic E-state index is 12.9. The van der Waals surface area contributed by atoms with E-state index in [9.17, 15) is 9.59 Å². The molecular weight excluding hydrogens is 366 g/mol. The van der Waals surface area contributed by atoms with E-state index in [1.807, 2.05) is 60.7 Å². The lowest BCUT2D eigenvalue weighted by atomic mass is 9.96. The van der Waals surface area contributed by atoms with Crippen LogP contribution in [0.2, 0.25) is 0 Å². The summed E-state index contributed by atoms with van der Waals surface area (Å²) in [4.78, 5) is 27.1. The summed E-state index contributed by atoms with van der Waals surface area (Å²) in [6.07, 6.45) is 1.57. The summed E-state index contributed by atoms with van der Waals surface area (Å²) in [5.74, 6) is 0.132. The Balaban J connectivity index is 1.37. The Hall–Kier alpha value is -3.41. The summed E-state index contributed by atoms with van der Waals surface area (Å²) in [6.45, 7) is 1.51. The van der Waals surface area contributed by atoms with Gasteiger partial charge in [-0.25, -0.2) is 0 Å². The number of amides is 2. The number of aromatic nitrogens is 1. The minimum atomic E-state index is -0.211. The Bertz CT molecular complexity index is 969. The third-order valence-electron chi connectivity index (χ3n) is 5.18. The molecule has 1 saturated heterocycles. The Labute approximate surface area is 169 Å². The predicted molar refractivity (Wildman–Crippen MR) is 109 cm³/mol. The van der Waals surface area contributed by atoms with Gasteiger partial charge < -0.3 is 14.7 Å². The predicted octanol–water partition coefficient (Wildman–Crippen LogP) is 3.51. The third kappa shape index (κ3) is 4.54. The van der Waals surface area contributed by atoms with Gasteiger partial charge in [0.05, 0.1) is 5.92 Å². The molecule has 2 aromatic carbocycles. The summed E-state index contributed by atoms with van der Waals surface area (Å²) in [5, 5.41) is 6.93. The number of piperidine rings is 1. The molecule has 6 heteroatoms. The molecule has 0 radical (unpaired) electrons. The van der Waals surface area contributed by atoms with Gasteiger partial charge in [0.1, 0.15) is 0 Å². The third-order valence-corrected chi connectivity index (χ3v) is 5.18. The maximum absolute atomic E-state index is 12.9. The second-order valence-corrected chi connectivity index (χ2v) is 7.24. The second-order valence-electron chi connectivity index (χ2n) is 7.24. The molecule has 0 aliphatic carbocycles. The monoisotopic (exact) mass is 389 g/mol. The van der Waals surface area contributed by atoms with Crippen LogP contribution >= 0.6 is 0 Å². The fourth-order valence-corrected chi connectivity index (χ4v) is 3.58. The number of hydrogen-bond acceptors (Lipinski definition) is 4. The Kier molecular flexibility index (Phi) is 5.70. The topological polar surface area (TPSA) is 75.4 Å². The zero-order valence-electron chi connectivity index (χ0n) is 16.1. The Morgan fingerprint density at radius 3 is 2.55 bits per heavy atom. The average Bonchev–Trinajstić information content (AvgIpc) is 3.29. The van der Waals surface area contributed by atoms with Crippen molar-refractivity contribution in [1.82, 2.24) is 15.4 Å². The first-order chi connectivity index (χ1) is 14.2. The molecule has 1 aromatic heterocycles. The van der Waals surface area contributed by atoms with Crippen molar-refractivity contribution < 1.29 is 14.1 Å². The van der Waals surface area contributed by atoms with E-state index in [1.165, 1.54) is 0 Å². The molecule has 0 saturated carbocycles. The molecule has 1 fully saturated rings. The summed E-state index contributed by atoms with van der Waals surface area (Å²) < 4.78 is 5.35. The van der Waals surface area contributed by atoms with E-state index in [0.29, 0.717) is 25.4 Å².